The zero-order valence-corrected chi connectivity index (χ0v) is 17.8. The molecule has 182 valence electrons. The van der Waals surface area contributed by atoms with Gasteiger partial charge in [0.05, 0.1) is 24.2 Å². The maximum atomic E-state index is 11.3. The largest absolute Gasteiger partial charge is 0.394 e. The first-order chi connectivity index (χ1) is 14.9. The number of nitrogens with one attached hydrogen (secondary N) is 1. The summed E-state index contributed by atoms with van der Waals surface area (Å²) in [6.45, 7) is -1.31. The van der Waals surface area contributed by atoms with Gasteiger partial charge in [-0.15, -0.1) is 0 Å². The second-order valence-electron chi connectivity index (χ2n) is 6.25. The van der Waals surface area contributed by atoms with E-state index in [4.69, 9.17) is 53.8 Å². The molecule has 1 rings (SSSR count). The highest BCUT2D eigenvalue weighted by Crippen LogP contribution is 2.20. The summed E-state index contributed by atoms with van der Waals surface area (Å²) >= 11 is 10.7. The number of aliphatic hydroxyl groups excluding tert-OH is 7. The number of aliphatic hydroxyl groups is 7. The lowest BCUT2D eigenvalue weighted by atomic mass is 10.0. The quantitative estimate of drug-likeness (QED) is 0.0682. The van der Waals surface area contributed by atoms with E-state index in [2.05, 4.69) is 5.32 Å². The average molecular weight is 503 g/mol. The Morgan fingerprint density at radius 2 is 1.56 bits per heavy atom. The van der Waals surface area contributed by atoms with E-state index in [0.717, 1.165) is 0 Å². The Morgan fingerprint density at radius 1 is 1.03 bits per heavy atom. The summed E-state index contributed by atoms with van der Waals surface area (Å²) in [6.07, 6.45) is -8.09. The summed E-state index contributed by atoms with van der Waals surface area (Å²) in [7, 11) is 0. The number of hydrogen-bond donors (Lipinski definition) is 8. The number of non-ortho nitro benzene ring substituents is 1. The van der Waals surface area contributed by atoms with Crippen LogP contribution in [0.5, 0.6) is 0 Å². The molecule has 0 heterocycles. The number of nitro benzene ring substituents is 1. The lowest BCUT2D eigenvalue weighted by molar-refractivity contribution is -0.384. The number of carbonyl (C=O) groups excluding carboxylic acids is 2. The van der Waals surface area contributed by atoms with Crippen molar-refractivity contribution >= 4 is 41.1 Å². The zero-order valence-electron chi connectivity index (χ0n) is 16.3. The molecule has 1 aromatic rings. The van der Waals surface area contributed by atoms with Gasteiger partial charge in [-0.05, 0) is 17.7 Å². The van der Waals surface area contributed by atoms with E-state index in [-0.39, 0.29) is 12.0 Å². The van der Waals surface area contributed by atoms with Crippen molar-refractivity contribution < 1.29 is 50.3 Å². The Labute approximate surface area is 191 Å². The first-order valence-corrected chi connectivity index (χ1v) is 9.68. The van der Waals surface area contributed by atoms with Gasteiger partial charge in [0.1, 0.15) is 30.5 Å². The van der Waals surface area contributed by atoms with Gasteiger partial charge in [0.25, 0.3) is 11.6 Å². The van der Waals surface area contributed by atoms with Gasteiger partial charge in [-0.1, -0.05) is 23.2 Å². The molecule has 8 N–H and O–H groups in total. The number of alkyl halides is 2. The molecule has 0 aromatic heterocycles. The van der Waals surface area contributed by atoms with E-state index in [1.807, 2.05) is 0 Å². The van der Waals surface area contributed by atoms with Crippen molar-refractivity contribution in [1.82, 2.24) is 5.32 Å². The molecule has 0 aliphatic carbocycles. The van der Waals surface area contributed by atoms with Crippen LogP contribution in [-0.4, -0.2) is 101 Å². The van der Waals surface area contributed by atoms with E-state index in [9.17, 15) is 24.8 Å². The topological polar surface area (TPSA) is 231 Å². The Morgan fingerprint density at radius 3 is 1.94 bits per heavy atom. The monoisotopic (exact) mass is 502 g/mol. The molecule has 0 saturated carbocycles. The van der Waals surface area contributed by atoms with Crippen LogP contribution in [0.3, 0.4) is 0 Å². The predicted molar refractivity (Wildman–Crippen MR) is 110 cm³/mol. The lowest BCUT2D eigenvalue weighted by Gasteiger charge is -2.22. The number of benzene rings is 1. The molecule has 13 nitrogen and oxygen atoms in total. The Hall–Kier alpha value is -1.94. The standard InChI is InChI=1S/C11H12Cl2N2O5.C6H12O6/c12-10(13)11(18)14-8(5-16)9(17)6-1-3-7(4-2-6)15(19)20;7-1-3(9)5(11)6(12)4(10)2-8/h1-4,8-10,16-17H,5H2,(H,14,18);1,3-6,8-12H,2H2/t8-,9-;3-,4+,5+,6-/m10/s1. The molecule has 32 heavy (non-hydrogen) atoms. The third kappa shape index (κ3) is 9.68. The Balaban J connectivity index is 0.000000687. The first-order valence-electron chi connectivity index (χ1n) is 8.81. The molecule has 15 heteroatoms. The van der Waals surface area contributed by atoms with Gasteiger partial charge < -0.3 is 45.9 Å². The molecule has 0 bridgehead atoms. The summed E-state index contributed by atoms with van der Waals surface area (Å²) in [5.74, 6) is -0.756. The highest BCUT2D eigenvalue weighted by Gasteiger charge is 2.29. The maximum absolute atomic E-state index is 11.3. The van der Waals surface area contributed by atoms with Gasteiger partial charge in [-0.2, -0.15) is 0 Å². The molecule has 1 amide bonds. The second-order valence-corrected chi connectivity index (χ2v) is 7.35. The second kappa shape index (κ2) is 15.0. The molecule has 0 saturated heterocycles. The van der Waals surface area contributed by atoms with Crippen molar-refractivity contribution in [3.8, 4) is 0 Å². The number of amides is 1. The molecular weight excluding hydrogens is 479 g/mol. The lowest BCUT2D eigenvalue weighted by Crippen LogP contribution is -2.46. The molecular formula is C17H24Cl2N2O11. The average Bonchev–Trinajstić information content (AvgIpc) is 2.80. The fourth-order valence-electron chi connectivity index (χ4n) is 2.11. The van der Waals surface area contributed by atoms with Gasteiger partial charge in [0.15, 0.2) is 11.1 Å². The van der Waals surface area contributed by atoms with E-state index in [1.54, 1.807) is 0 Å². The van der Waals surface area contributed by atoms with Gasteiger partial charge in [0.2, 0.25) is 0 Å². The van der Waals surface area contributed by atoms with Crippen LogP contribution in [0, 0.1) is 10.1 Å². The van der Waals surface area contributed by atoms with Crippen molar-refractivity contribution in [1.29, 1.82) is 0 Å². The third-order valence-electron chi connectivity index (χ3n) is 3.97. The van der Waals surface area contributed by atoms with Crippen molar-refractivity contribution in [3.63, 3.8) is 0 Å². The maximum Gasteiger partial charge on any atom is 0.269 e. The van der Waals surface area contributed by atoms with E-state index >= 15 is 0 Å². The number of nitrogens with zero attached hydrogens (tertiary/aromatic N) is 1. The van der Waals surface area contributed by atoms with Crippen LogP contribution in [-0.2, 0) is 9.59 Å². The molecule has 0 aliphatic rings. The SMILES string of the molecule is O=C(N[C@H](CO)[C@H](O)c1ccc([N+](=O)[O-])cc1)C(Cl)Cl.O=C[C@H](O)[C@@H](O)[C@@H](O)[C@H](O)CO. The smallest absolute Gasteiger partial charge is 0.269 e. The molecule has 0 radical (unpaired) electrons. The highest BCUT2D eigenvalue weighted by atomic mass is 35.5. The van der Waals surface area contributed by atoms with Crippen LogP contribution in [0.2, 0.25) is 0 Å². The number of rotatable bonds is 11. The minimum absolute atomic E-state index is 0.0258. The molecule has 0 fully saturated rings. The number of halogens is 2. The van der Waals surface area contributed by atoms with Crippen LogP contribution in [0.1, 0.15) is 11.7 Å². The van der Waals surface area contributed by atoms with Crippen LogP contribution in [0.4, 0.5) is 5.69 Å². The van der Waals surface area contributed by atoms with Crippen molar-refractivity contribution in [2.45, 2.75) is 41.4 Å². The number of aldehydes is 1. The van der Waals surface area contributed by atoms with Crippen LogP contribution < -0.4 is 5.32 Å². The summed E-state index contributed by atoms with van der Waals surface area (Å²) in [4.78, 5) is 29.8. The Kier molecular flexibility index (Phi) is 14.1. The van der Waals surface area contributed by atoms with Crippen molar-refractivity contribution in [2.24, 2.45) is 0 Å². The fourth-order valence-corrected chi connectivity index (χ4v) is 2.24. The van der Waals surface area contributed by atoms with E-state index in [1.165, 1.54) is 24.3 Å². The summed E-state index contributed by atoms with van der Waals surface area (Å²) in [5.41, 5.74) is 0.169. The number of nitro groups is 1. The van der Waals surface area contributed by atoms with Crippen molar-refractivity contribution in [2.75, 3.05) is 13.2 Å². The Bertz CT molecular complexity index is 723. The van der Waals surface area contributed by atoms with Crippen LogP contribution in [0.15, 0.2) is 24.3 Å². The van der Waals surface area contributed by atoms with Gasteiger partial charge in [0, 0.05) is 12.1 Å². The minimum atomic E-state index is -1.79. The molecule has 0 unspecified atom stereocenters. The third-order valence-corrected chi connectivity index (χ3v) is 4.37. The molecule has 0 aliphatic heterocycles. The molecule has 6 atom stereocenters. The molecule has 0 spiro atoms. The zero-order chi connectivity index (χ0) is 25.0. The van der Waals surface area contributed by atoms with Gasteiger partial charge in [-0.3, -0.25) is 14.9 Å². The fraction of sp³-hybridized carbons (Fsp3) is 0.529. The van der Waals surface area contributed by atoms with E-state index < -0.39 is 65.4 Å². The summed E-state index contributed by atoms with van der Waals surface area (Å²) in [6, 6.07) is 4.05. The highest BCUT2D eigenvalue weighted by molar-refractivity contribution is 6.53. The summed E-state index contributed by atoms with van der Waals surface area (Å²) < 4.78 is 0. The predicted octanol–water partition coefficient (Wildman–Crippen LogP) is -2.47. The first kappa shape index (κ1) is 30.1. The minimum Gasteiger partial charge on any atom is -0.394 e. The van der Waals surface area contributed by atoms with Gasteiger partial charge >= 0.3 is 0 Å². The molecule has 1 aromatic carbocycles. The normalized spacial score (nSPS) is 16.6. The van der Waals surface area contributed by atoms with Gasteiger partial charge in [-0.25, -0.2) is 0 Å². The van der Waals surface area contributed by atoms with E-state index in [0.29, 0.717) is 5.56 Å². The summed E-state index contributed by atoms with van der Waals surface area (Å²) in [5, 5.41) is 75.5. The number of hydrogen-bond acceptors (Lipinski definition) is 11. The number of carbonyl (C=O) groups is 2. The van der Waals surface area contributed by atoms with Crippen molar-refractivity contribution in [3.05, 3.63) is 39.9 Å². The van der Waals surface area contributed by atoms with Crippen LogP contribution in [0.25, 0.3) is 0 Å². The van der Waals surface area contributed by atoms with Crippen LogP contribution >= 0.6 is 23.2 Å².